The van der Waals surface area contributed by atoms with Crippen molar-refractivity contribution in [2.75, 3.05) is 5.32 Å². The van der Waals surface area contributed by atoms with E-state index >= 15 is 0 Å². The Bertz CT molecular complexity index is 1170. The number of hydrogen-bond donors (Lipinski definition) is 4. The van der Waals surface area contributed by atoms with E-state index in [0.29, 0.717) is 34.7 Å². The molecule has 0 radical (unpaired) electrons. The summed E-state index contributed by atoms with van der Waals surface area (Å²) in [4.78, 5) is 39.9. The number of aromatic amines is 1. The molecule has 0 spiro atoms. The quantitative estimate of drug-likeness (QED) is 0.389. The second kappa shape index (κ2) is 8.50. The van der Waals surface area contributed by atoms with Gasteiger partial charge in [-0.25, -0.2) is 15.0 Å². The molecular formula is C21H19N7O2. The highest BCUT2D eigenvalue weighted by molar-refractivity contribution is 6.06. The maximum atomic E-state index is 12.5. The van der Waals surface area contributed by atoms with Gasteiger partial charge in [0.15, 0.2) is 17.0 Å². The highest BCUT2D eigenvalue weighted by Gasteiger charge is 2.17. The van der Waals surface area contributed by atoms with E-state index < -0.39 is 6.04 Å². The lowest BCUT2D eigenvalue weighted by molar-refractivity contribution is -0.122. The number of nitrogens with one attached hydrogen (secondary N) is 3. The van der Waals surface area contributed by atoms with E-state index in [1.807, 2.05) is 30.3 Å². The summed E-state index contributed by atoms with van der Waals surface area (Å²) in [6.45, 7) is 0.397. The summed E-state index contributed by atoms with van der Waals surface area (Å²) < 4.78 is 0. The van der Waals surface area contributed by atoms with Crippen molar-refractivity contribution in [1.82, 2.24) is 25.3 Å². The number of rotatable bonds is 6. The van der Waals surface area contributed by atoms with E-state index in [1.54, 1.807) is 24.3 Å². The standard InChI is InChI=1S/C21H19N7O2/c22-16(21(30)23-10-13-4-2-1-3-5-13)14-6-8-15(9-7-14)20(29)28-19-17-18(25-11-24-17)26-12-27-19/h1-9,11-12,16H,10,22H2,(H,23,30)(H2,24,25,26,27,28,29). The average Bonchev–Trinajstić information content (AvgIpc) is 3.28. The monoisotopic (exact) mass is 401 g/mol. The SMILES string of the molecule is NC(C(=O)NCc1ccccc1)c1ccc(C(=O)Nc2ncnc3[nH]cnc23)cc1. The van der Waals surface area contributed by atoms with Crippen LogP contribution in [0.1, 0.15) is 27.5 Å². The van der Waals surface area contributed by atoms with Crippen LogP contribution in [0.3, 0.4) is 0 Å². The fourth-order valence-corrected chi connectivity index (χ4v) is 2.92. The molecule has 0 aliphatic rings. The first-order valence-electron chi connectivity index (χ1n) is 9.24. The number of aromatic nitrogens is 4. The Morgan fingerprint density at radius 2 is 1.77 bits per heavy atom. The van der Waals surface area contributed by atoms with Crippen molar-refractivity contribution in [3.63, 3.8) is 0 Å². The van der Waals surface area contributed by atoms with Crippen LogP contribution in [0.25, 0.3) is 11.2 Å². The molecule has 1 atom stereocenters. The van der Waals surface area contributed by atoms with Crippen molar-refractivity contribution in [1.29, 1.82) is 0 Å². The molecule has 2 aromatic carbocycles. The fraction of sp³-hybridized carbons (Fsp3) is 0.0952. The highest BCUT2D eigenvalue weighted by Crippen LogP contribution is 2.17. The summed E-state index contributed by atoms with van der Waals surface area (Å²) in [5.41, 5.74) is 9.06. The molecule has 0 saturated carbocycles. The molecule has 4 aromatic rings. The minimum Gasteiger partial charge on any atom is -0.350 e. The fourth-order valence-electron chi connectivity index (χ4n) is 2.92. The Hall–Kier alpha value is -4.11. The molecule has 2 amide bonds. The van der Waals surface area contributed by atoms with Crippen molar-refractivity contribution in [2.24, 2.45) is 5.73 Å². The molecule has 0 fully saturated rings. The summed E-state index contributed by atoms with van der Waals surface area (Å²) in [6.07, 6.45) is 2.82. The molecule has 9 heteroatoms. The van der Waals surface area contributed by atoms with E-state index in [-0.39, 0.29) is 11.8 Å². The Morgan fingerprint density at radius 1 is 1.00 bits per heavy atom. The number of hydrogen-bond acceptors (Lipinski definition) is 6. The van der Waals surface area contributed by atoms with E-state index in [4.69, 9.17) is 5.73 Å². The highest BCUT2D eigenvalue weighted by atomic mass is 16.2. The number of benzene rings is 2. The first kappa shape index (κ1) is 19.2. The Kier molecular flexibility index (Phi) is 5.44. The molecular weight excluding hydrogens is 382 g/mol. The number of carbonyl (C=O) groups is 2. The minimum absolute atomic E-state index is 0.294. The molecule has 0 bridgehead atoms. The molecule has 0 saturated heterocycles. The van der Waals surface area contributed by atoms with Gasteiger partial charge in [-0.3, -0.25) is 9.59 Å². The molecule has 0 aliphatic carbocycles. The van der Waals surface area contributed by atoms with Gasteiger partial charge in [0.1, 0.15) is 12.4 Å². The lowest BCUT2D eigenvalue weighted by Gasteiger charge is -2.13. The van der Waals surface area contributed by atoms with E-state index in [1.165, 1.54) is 12.7 Å². The van der Waals surface area contributed by atoms with Crippen molar-refractivity contribution in [3.05, 3.63) is 83.9 Å². The van der Waals surface area contributed by atoms with Crippen LogP contribution in [0.5, 0.6) is 0 Å². The van der Waals surface area contributed by atoms with Gasteiger partial charge in [0.25, 0.3) is 5.91 Å². The first-order valence-corrected chi connectivity index (χ1v) is 9.24. The lowest BCUT2D eigenvalue weighted by atomic mass is 10.0. The Morgan fingerprint density at radius 3 is 2.53 bits per heavy atom. The zero-order valence-corrected chi connectivity index (χ0v) is 15.9. The molecule has 0 aliphatic heterocycles. The van der Waals surface area contributed by atoms with E-state index in [9.17, 15) is 9.59 Å². The third-order valence-electron chi connectivity index (χ3n) is 4.57. The molecule has 2 heterocycles. The topological polar surface area (TPSA) is 139 Å². The molecule has 5 N–H and O–H groups in total. The predicted octanol–water partition coefficient (Wildman–Crippen LogP) is 1.92. The average molecular weight is 401 g/mol. The number of anilines is 1. The number of fused-ring (bicyclic) bond motifs is 1. The van der Waals surface area contributed by atoms with Crippen molar-refractivity contribution >= 4 is 28.8 Å². The number of H-pyrrole nitrogens is 1. The van der Waals surface area contributed by atoms with Crippen LogP contribution in [0.4, 0.5) is 5.82 Å². The molecule has 150 valence electrons. The van der Waals surface area contributed by atoms with E-state index in [2.05, 4.69) is 30.6 Å². The van der Waals surface area contributed by atoms with Crippen molar-refractivity contribution in [3.8, 4) is 0 Å². The predicted molar refractivity (Wildman–Crippen MR) is 111 cm³/mol. The van der Waals surface area contributed by atoms with E-state index in [0.717, 1.165) is 5.56 Å². The number of carbonyl (C=O) groups excluding carboxylic acids is 2. The normalized spacial score (nSPS) is 11.8. The number of nitrogens with zero attached hydrogens (tertiary/aromatic N) is 3. The van der Waals surface area contributed by atoms with Gasteiger partial charge < -0.3 is 21.4 Å². The van der Waals surface area contributed by atoms with Gasteiger partial charge in [-0.1, -0.05) is 42.5 Å². The lowest BCUT2D eigenvalue weighted by Crippen LogP contribution is -2.33. The minimum atomic E-state index is -0.837. The molecule has 1 unspecified atom stereocenters. The van der Waals surface area contributed by atoms with Crippen LogP contribution in [-0.4, -0.2) is 31.8 Å². The molecule has 4 rings (SSSR count). The van der Waals surface area contributed by atoms with Crippen LogP contribution >= 0.6 is 0 Å². The Labute approximate surface area is 171 Å². The van der Waals surface area contributed by atoms with Gasteiger partial charge in [0, 0.05) is 12.1 Å². The second-order valence-electron chi connectivity index (χ2n) is 6.58. The van der Waals surface area contributed by atoms with Gasteiger partial charge in [0.05, 0.1) is 6.33 Å². The van der Waals surface area contributed by atoms with Gasteiger partial charge in [0.2, 0.25) is 5.91 Å². The van der Waals surface area contributed by atoms with Crippen LogP contribution in [0.2, 0.25) is 0 Å². The molecule has 2 aromatic heterocycles. The maximum Gasteiger partial charge on any atom is 0.256 e. The van der Waals surface area contributed by atoms with Gasteiger partial charge >= 0.3 is 0 Å². The van der Waals surface area contributed by atoms with Crippen LogP contribution in [0.15, 0.2) is 67.3 Å². The zero-order chi connectivity index (χ0) is 20.9. The van der Waals surface area contributed by atoms with Gasteiger partial charge in [-0.15, -0.1) is 0 Å². The maximum absolute atomic E-state index is 12.5. The summed E-state index contributed by atoms with van der Waals surface area (Å²) >= 11 is 0. The van der Waals surface area contributed by atoms with Crippen LogP contribution < -0.4 is 16.4 Å². The first-order chi connectivity index (χ1) is 14.6. The summed E-state index contributed by atoms with van der Waals surface area (Å²) in [5.74, 6) is -0.336. The van der Waals surface area contributed by atoms with Crippen LogP contribution in [-0.2, 0) is 11.3 Å². The largest absolute Gasteiger partial charge is 0.350 e. The molecule has 30 heavy (non-hydrogen) atoms. The Balaban J connectivity index is 1.39. The smallest absolute Gasteiger partial charge is 0.256 e. The van der Waals surface area contributed by atoms with Crippen molar-refractivity contribution < 1.29 is 9.59 Å². The summed E-state index contributed by atoms with van der Waals surface area (Å²) in [5, 5.41) is 5.53. The van der Waals surface area contributed by atoms with Crippen LogP contribution in [0, 0.1) is 0 Å². The number of amides is 2. The number of imidazole rings is 1. The van der Waals surface area contributed by atoms with Gasteiger partial charge in [-0.05, 0) is 23.3 Å². The van der Waals surface area contributed by atoms with Crippen molar-refractivity contribution in [2.45, 2.75) is 12.6 Å². The third kappa shape index (κ3) is 4.15. The van der Waals surface area contributed by atoms with Gasteiger partial charge in [-0.2, -0.15) is 0 Å². The number of nitrogens with two attached hydrogens (primary N) is 1. The second-order valence-corrected chi connectivity index (χ2v) is 6.58. The summed E-state index contributed by atoms with van der Waals surface area (Å²) in [7, 11) is 0. The third-order valence-corrected chi connectivity index (χ3v) is 4.57. The molecule has 9 nitrogen and oxygen atoms in total. The summed E-state index contributed by atoms with van der Waals surface area (Å²) in [6, 6.07) is 15.3. The zero-order valence-electron chi connectivity index (χ0n) is 15.9.